The smallest absolute Gasteiger partial charge is 0.134 e. The SMILES string of the molecule is Cc1cc(O)c(Cl)cc1C(C)C. The topological polar surface area (TPSA) is 20.2 Å². The van der Waals surface area contributed by atoms with E-state index in [1.165, 1.54) is 5.56 Å². The number of phenols is 1. The van der Waals surface area contributed by atoms with Crippen LogP contribution in [0.25, 0.3) is 0 Å². The van der Waals surface area contributed by atoms with E-state index in [4.69, 9.17) is 11.6 Å². The van der Waals surface area contributed by atoms with Crippen molar-refractivity contribution in [3.05, 3.63) is 28.3 Å². The van der Waals surface area contributed by atoms with E-state index in [1.54, 1.807) is 6.07 Å². The van der Waals surface area contributed by atoms with Crippen molar-refractivity contribution in [2.24, 2.45) is 0 Å². The molecule has 0 saturated heterocycles. The van der Waals surface area contributed by atoms with E-state index in [1.807, 2.05) is 13.0 Å². The highest BCUT2D eigenvalue weighted by Gasteiger charge is 2.07. The Labute approximate surface area is 78.0 Å². The van der Waals surface area contributed by atoms with Crippen LogP contribution in [-0.4, -0.2) is 5.11 Å². The molecule has 0 amide bonds. The van der Waals surface area contributed by atoms with Gasteiger partial charge in [0.1, 0.15) is 5.75 Å². The molecule has 0 bridgehead atoms. The van der Waals surface area contributed by atoms with Crippen molar-refractivity contribution in [3.63, 3.8) is 0 Å². The number of rotatable bonds is 1. The lowest BCUT2D eigenvalue weighted by molar-refractivity contribution is 0.474. The van der Waals surface area contributed by atoms with Crippen LogP contribution in [0.3, 0.4) is 0 Å². The summed E-state index contributed by atoms with van der Waals surface area (Å²) in [6.45, 7) is 6.19. The molecule has 0 heterocycles. The normalized spacial score (nSPS) is 10.8. The average Bonchev–Trinajstić information content (AvgIpc) is 1.96. The first-order valence-electron chi connectivity index (χ1n) is 4.01. The van der Waals surface area contributed by atoms with Crippen molar-refractivity contribution in [2.75, 3.05) is 0 Å². The molecule has 0 aliphatic carbocycles. The van der Waals surface area contributed by atoms with Crippen molar-refractivity contribution < 1.29 is 5.11 Å². The fourth-order valence-corrected chi connectivity index (χ4v) is 1.48. The Kier molecular flexibility index (Phi) is 2.63. The third-order valence-electron chi connectivity index (χ3n) is 1.96. The predicted octanol–water partition coefficient (Wildman–Crippen LogP) is 3.48. The number of benzene rings is 1. The van der Waals surface area contributed by atoms with Gasteiger partial charge in [0, 0.05) is 0 Å². The van der Waals surface area contributed by atoms with Crippen LogP contribution in [0.4, 0.5) is 0 Å². The highest BCUT2D eigenvalue weighted by Crippen LogP contribution is 2.30. The molecular formula is C10H13ClO. The molecule has 0 saturated carbocycles. The van der Waals surface area contributed by atoms with Crippen LogP contribution >= 0.6 is 11.6 Å². The van der Waals surface area contributed by atoms with Crippen LogP contribution in [0.5, 0.6) is 5.75 Å². The Morgan fingerprint density at radius 1 is 1.33 bits per heavy atom. The summed E-state index contributed by atoms with van der Waals surface area (Å²) < 4.78 is 0. The van der Waals surface area contributed by atoms with Gasteiger partial charge in [0.15, 0.2) is 0 Å². The second-order valence-electron chi connectivity index (χ2n) is 3.31. The molecule has 0 atom stereocenters. The zero-order chi connectivity index (χ0) is 9.30. The zero-order valence-corrected chi connectivity index (χ0v) is 8.31. The largest absolute Gasteiger partial charge is 0.506 e. The van der Waals surface area contributed by atoms with Gasteiger partial charge in [-0.2, -0.15) is 0 Å². The molecule has 0 aliphatic heterocycles. The molecule has 1 aromatic rings. The maximum atomic E-state index is 9.27. The second-order valence-corrected chi connectivity index (χ2v) is 3.72. The van der Waals surface area contributed by atoms with Gasteiger partial charge < -0.3 is 5.11 Å². The number of hydrogen-bond donors (Lipinski definition) is 1. The van der Waals surface area contributed by atoms with Gasteiger partial charge >= 0.3 is 0 Å². The molecule has 0 aliphatic rings. The maximum absolute atomic E-state index is 9.27. The minimum Gasteiger partial charge on any atom is -0.506 e. The van der Waals surface area contributed by atoms with Crippen LogP contribution in [0, 0.1) is 6.92 Å². The Balaban J connectivity index is 3.23. The monoisotopic (exact) mass is 184 g/mol. The first kappa shape index (κ1) is 9.40. The van der Waals surface area contributed by atoms with Crippen LogP contribution in [0.15, 0.2) is 12.1 Å². The third-order valence-corrected chi connectivity index (χ3v) is 2.26. The lowest BCUT2D eigenvalue weighted by Gasteiger charge is -2.10. The molecule has 2 heteroatoms. The van der Waals surface area contributed by atoms with Gasteiger partial charge in [0.2, 0.25) is 0 Å². The molecule has 1 N–H and O–H groups in total. The Hall–Kier alpha value is -0.690. The van der Waals surface area contributed by atoms with E-state index in [-0.39, 0.29) is 5.75 Å². The summed E-state index contributed by atoms with van der Waals surface area (Å²) in [6, 6.07) is 3.54. The molecule has 66 valence electrons. The summed E-state index contributed by atoms with van der Waals surface area (Å²) in [7, 11) is 0. The quantitative estimate of drug-likeness (QED) is 0.709. The average molecular weight is 185 g/mol. The van der Waals surface area contributed by atoms with Crippen molar-refractivity contribution in [1.82, 2.24) is 0 Å². The van der Waals surface area contributed by atoms with Gasteiger partial charge in [-0.1, -0.05) is 25.4 Å². The summed E-state index contributed by atoms with van der Waals surface area (Å²) in [6.07, 6.45) is 0. The van der Waals surface area contributed by atoms with Crippen molar-refractivity contribution in [3.8, 4) is 5.75 Å². The van der Waals surface area contributed by atoms with E-state index in [0.29, 0.717) is 10.9 Å². The first-order valence-corrected chi connectivity index (χ1v) is 4.39. The molecule has 0 aromatic heterocycles. The highest BCUT2D eigenvalue weighted by molar-refractivity contribution is 6.32. The summed E-state index contributed by atoms with van der Waals surface area (Å²) in [4.78, 5) is 0. The number of phenolic OH excluding ortho intramolecular Hbond substituents is 1. The van der Waals surface area contributed by atoms with Crippen molar-refractivity contribution in [2.45, 2.75) is 26.7 Å². The summed E-state index contributed by atoms with van der Waals surface area (Å²) in [5.41, 5.74) is 2.28. The molecule has 1 aromatic carbocycles. The summed E-state index contributed by atoms with van der Waals surface area (Å²) in [5, 5.41) is 9.71. The third kappa shape index (κ3) is 1.72. The van der Waals surface area contributed by atoms with Crippen molar-refractivity contribution >= 4 is 11.6 Å². The lowest BCUT2D eigenvalue weighted by Crippen LogP contribution is -1.91. The summed E-state index contributed by atoms with van der Waals surface area (Å²) >= 11 is 5.78. The number of aryl methyl sites for hydroxylation is 1. The fraction of sp³-hybridized carbons (Fsp3) is 0.400. The predicted molar refractivity (Wildman–Crippen MR) is 51.9 cm³/mol. The Morgan fingerprint density at radius 3 is 2.42 bits per heavy atom. The van der Waals surface area contributed by atoms with Gasteiger partial charge in [-0.3, -0.25) is 0 Å². The number of aromatic hydroxyl groups is 1. The van der Waals surface area contributed by atoms with Gasteiger partial charge in [0.05, 0.1) is 5.02 Å². The van der Waals surface area contributed by atoms with Crippen molar-refractivity contribution in [1.29, 1.82) is 0 Å². The molecule has 0 unspecified atom stereocenters. The van der Waals surface area contributed by atoms with Crippen LogP contribution in [0.1, 0.15) is 30.9 Å². The van der Waals surface area contributed by atoms with Crippen LogP contribution in [-0.2, 0) is 0 Å². The van der Waals surface area contributed by atoms with Gasteiger partial charge in [-0.05, 0) is 36.1 Å². The molecule has 12 heavy (non-hydrogen) atoms. The molecule has 0 radical (unpaired) electrons. The van der Waals surface area contributed by atoms with E-state index in [0.717, 1.165) is 5.56 Å². The molecule has 1 nitrogen and oxygen atoms in total. The minimum absolute atomic E-state index is 0.165. The van der Waals surface area contributed by atoms with E-state index < -0.39 is 0 Å². The first-order chi connectivity index (χ1) is 5.52. The molecular weight excluding hydrogens is 172 g/mol. The summed E-state index contributed by atoms with van der Waals surface area (Å²) in [5.74, 6) is 0.613. The van der Waals surface area contributed by atoms with Gasteiger partial charge in [-0.25, -0.2) is 0 Å². The number of halogens is 1. The van der Waals surface area contributed by atoms with Crippen LogP contribution in [0.2, 0.25) is 5.02 Å². The Bertz CT molecular complexity index is 292. The van der Waals surface area contributed by atoms with E-state index in [2.05, 4.69) is 13.8 Å². The molecule has 0 spiro atoms. The Morgan fingerprint density at radius 2 is 1.92 bits per heavy atom. The minimum atomic E-state index is 0.165. The zero-order valence-electron chi connectivity index (χ0n) is 7.56. The lowest BCUT2D eigenvalue weighted by atomic mass is 9.98. The van der Waals surface area contributed by atoms with E-state index in [9.17, 15) is 5.11 Å². The number of hydrogen-bond acceptors (Lipinski definition) is 1. The van der Waals surface area contributed by atoms with E-state index >= 15 is 0 Å². The molecule has 0 fully saturated rings. The van der Waals surface area contributed by atoms with Crippen LogP contribution < -0.4 is 0 Å². The van der Waals surface area contributed by atoms with Gasteiger partial charge in [-0.15, -0.1) is 0 Å². The fourth-order valence-electron chi connectivity index (χ4n) is 1.30. The molecule has 1 rings (SSSR count). The standard InChI is InChI=1S/C10H13ClO/c1-6(2)8-5-9(11)10(12)4-7(8)3/h4-6,12H,1-3H3. The maximum Gasteiger partial charge on any atom is 0.134 e. The van der Waals surface area contributed by atoms with Gasteiger partial charge in [0.25, 0.3) is 0 Å². The highest BCUT2D eigenvalue weighted by atomic mass is 35.5. The second kappa shape index (κ2) is 3.36.